The van der Waals surface area contributed by atoms with E-state index < -0.39 is 24.2 Å². The zero-order valence-corrected chi connectivity index (χ0v) is 18.6. The van der Waals surface area contributed by atoms with E-state index in [1.807, 2.05) is 0 Å². The third kappa shape index (κ3) is 5.85. The Kier molecular flexibility index (Phi) is 7.76. The molecule has 7 nitrogen and oxygen atoms in total. The van der Waals surface area contributed by atoms with Crippen molar-refractivity contribution in [2.75, 3.05) is 37.7 Å². The Hall–Kier alpha value is -3.31. The van der Waals surface area contributed by atoms with Crippen molar-refractivity contribution in [2.45, 2.75) is 25.5 Å². The monoisotopic (exact) mass is 496 g/mol. The molecule has 0 radical (unpaired) electrons. The number of benzene rings is 2. The first-order valence-electron chi connectivity index (χ1n) is 11.1. The number of anilines is 1. The first-order valence-corrected chi connectivity index (χ1v) is 11.1. The second kappa shape index (κ2) is 11.0. The van der Waals surface area contributed by atoms with Crippen LogP contribution < -0.4 is 19.1 Å². The van der Waals surface area contributed by atoms with Gasteiger partial charge in [0, 0.05) is 37.0 Å². The Labute approximate surface area is 199 Å². The molecule has 0 spiro atoms. The number of rotatable bonds is 10. The van der Waals surface area contributed by atoms with Crippen molar-refractivity contribution in [1.82, 2.24) is 4.90 Å². The van der Waals surface area contributed by atoms with Gasteiger partial charge in [-0.3, -0.25) is 9.69 Å². The SMILES string of the molecule is O=C1C(Oc2ccc(F)c(F)c2)=CCN1c1ccc(OCCN2CCC[C@@H]2CO)c(OC(F)F)c1. The van der Waals surface area contributed by atoms with Gasteiger partial charge in [-0.15, -0.1) is 0 Å². The molecule has 4 rings (SSSR count). The molecule has 1 atom stereocenters. The topological polar surface area (TPSA) is 71.5 Å². The lowest BCUT2D eigenvalue weighted by atomic mass is 10.2. The van der Waals surface area contributed by atoms with E-state index in [2.05, 4.69) is 9.64 Å². The van der Waals surface area contributed by atoms with Gasteiger partial charge in [-0.2, -0.15) is 8.78 Å². The van der Waals surface area contributed by atoms with E-state index in [4.69, 9.17) is 9.47 Å². The number of carbonyl (C=O) groups excluding carboxylic acids is 1. The number of nitrogens with zero attached hydrogens (tertiary/aromatic N) is 2. The van der Waals surface area contributed by atoms with Gasteiger partial charge in [0.1, 0.15) is 12.4 Å². The molecule has 2 aliphatic rings. The lowest BCUT2D eigenvalue weighted by Crippen LogP contribution is -2.35. The van der Waals surface area contributed by atoms with Crippen molar-refractivity contribution < 1.29 is 41.7 Å². The van der Waals surface area contributed by atoms with Gasteiger partial charge in [-0.1, -0.05) is 0 Å². The second-order valence-electron chi connectivity index (χ2n) is 8.03. The second-order valence-corrected chi connectivity index (χ2v) is 8.03. The number of likely N-dealkylation sites (tertiary alicyclic amines) is 1. The summed E-state index contributed by atoms with van der Waals surface area (Å²) < 4.78 is 68.3. The molecule has 1 fully saturated rings. The summed E-state index contributed by atoms with van der Waals surface area (Å²) >= 11 is 0. The summed E-state index contributed by atoms with van der Waals surface area (Å²) in [7, 11) is 0. The first-order chi connectivity index (χ1) is 16.9. The van der Waals surface area contributed by atoms with Crippen molar-refractivity contribution in [3.05, 3.63) is 59.9 Å². The predicted molar refractivity (Wildman–Crippen MR) is 118 cm³/mol. The fraction of sp³-hybridized carbons (Fsp3) is 0.375. The van der Waals surface area contributed by atoms with E-state index in [-0.39, 0.29) is 54.5 Å². The maximum Gasteiger partial charge on any atom is 0.387 e. The average Bonchev–Trinajstić information content (AvgIpc) is 3.43. The molecular weight excluding hydrogens is 472 g/mol. The Morgan fingerprint density at radius 1 is 1.09 bits per heavy atom. The standard InChI is InChI=1S/C24H24F4N2O5/c25-18-5-4-17(13-19(18)26)34-21-7-9-30(23(21)32)15-3-6-20(22(12-15)35-24(27)28)33-11-10-29-8-1-2-16(29)14-31/h3-7,12-13,16,24,31H,1-2,8-11,14H2/t16-/m1/s1. The van der Waals surface area contributed by atoms with Crippen LogP contribution in [0.2, 0.25) is 0 Å². The molecule has 0 aliphatic carbocycles. The molecule has 1 amide bonds. The molecule has 1 N–H and O–H groups in total. The number of hydrogen-bond donors (Lipinski definition) is 1. The van der Waals surface area contributed by atoms with E-state index in [1.165, 1.54) is 35.2 Å². The fourth-order valence-corrected chi connectivity index (χ4v) is 4.09. The molecule has 11 heteroatoms. The molecule has 188 valence electrons. The van der Waals surface area contributed by atoms with Crippen LogP contribution in [0.5, 0.6) is 17.2 Å². The smallest absolute Gasteiger partial charge is 0.387 e. The highest BCUT2D eigenvalue weighted by molar-refractivity contribution is 6.07. The van der Waals surface area contributed by atoms with Crippen LogP contribution in [-0.4, -0.2) is 61.4 Å². The number of aliphatic hydroxyl groups excluding tert-OH is 1. The van der Waals surface area contributed by atoms with Gasteiger partial charge in [0.05, 0.1) is 6.61 Å². The van der Waals surface area contributed by atoms with Crippen LogP contribution in [0.15, 0.2) is 48.2 Å². The van der Waals surface area contributed by atoms with Gasteiger partial charge in [0.2, 0.25) is 0 Å². The number of ether oxygens (including phenoxy) is 3. The molecule has 0 bridgehead atoms. The number of alkyl halides is 2. The zero-order valence-electron chi connectivity index (χ0n) is 18.6. The Balaban J connectivity index is 1.43. The van der Waals surface area contributed by atoms with Crippen molar-refractivity contribution >= 4 is 11.6 Å². The largest absolute Gasteiger partial charge is 0.488 e. The Morgan fingerprint density at radius 2 is 1.91 bits per heavy atom. The molecule has 2 aromatic carbocycles. The summed E-state index contributed by atoms with van der Waals surface area (Å²) in [5.41, 5.74) is 0.262. The third-order valence-electron chi connectivity index (χ3n) is 5.83. The van der Waals surface area contributed by atoms with E-state index in [1.54, 1.807) is 0 Å². The van der Waals surface area contributed by atoms with Crippen LogP contribution in [0.3, 0.4) is 0 Å². The molecule has 2 aliphatic heterocycles. The van der Waals surface area contributed by atoms with Crippen LogP contribution in [0.25, 0.3) is 0 Å². The minimum Gasteiger partial charge on any atom is -0.488 e. The summed E-state index contributed by atoms with van der Waals surface area (Å²) in [5.74, 6) is -3.07. The van der Waals surface area contributed by atoms with E-state index >= 15 is 0 Å². The minimum atomic E-state index is -3.11. The lowest BCUT2D eigenvalue weighted by molar-refractivity contribution is -0.116. The highest BCUT2D eigenvalue weighted by Crippen LogP contribution is 2.35. The van der Waals surface area contributed by atoms with Gasteiger partial charge >= 0.3 is 6.61 Å². The summed E-state index contributed by atoms with van der Waals surface area (Å²) in [5, 5.41) is 9.41. The first kappa shape index (κ1) is 24.8. The molecule has 1 saturated heterocycles. The number of aliphatic hydroxyl groups is 1. The van der Waals surface area contributed by atoms with E-state index in [9.17, 15) is 27.5 Å². The van der Waals surface area contributed by atoms with Crippen LogP contribution in [-0.2, 0) is 4.79 Å². The number of amides is 1. The van der Waals surface area contributed by atoms with Gasteiger partial charge in [-0.05, 0) is 49.7 Å². The summed E-state index contributed by atoms with van der Waals surface area (Å²) in [6.45, 7) is -1.44. The van der Waals surface area contributed by atoms with Crippen LogP contribution in [0.1, 0.15) is 12.8 Å². The van der Waals surface area contributed by atoms with Crippen molar-refractivity contribution in [3.8, 4) is 17.2 Å². The normalized spacial score (nSPS) is 18.3. The summed E-state index contributed by atoms with van der Waals surface area (Å²) in [4.78, 5) is 16.1. The number of hydrogen-bond acceptors (Lipinski definition) is 6. The van der Waals surface area contributed by atoms with Crippen molar-refractivity contribution in [2.24, 2.45) is 0 Å². The van der Waals surface area contributed by atoms with E-state index in [0.717, 1.165) is 31.5 Å². The zero-order chi connectivity index (χ0) is 24.9. The third-order valence-corrected chi connectivity index (χ3v) is 5.83. The van der Waals surface area contributed by atoms with Gasteiger partial charge < -0.3 is 24.2 Å². The molecule has 0 aromatic heterocycles. The predicted octanol–water partition coefficient (Wildman–Crippen LogP) is 3.71. The lowest BCUT2D eigenvalue weighted by Gasteiger charge is -2.23. The molecular formula is C24H24F4N2O5. The Bertz CT molecular complexity index is 1100. The van der Waals surface area contributed by atoms with Crippen molar-refractivity contribution in [3.63, 3.8) is 0 Å². The number of halogens is 4. The van der Waals surface area contributed by atoms with Crippen molar-refractivity contribution in [1.29, 1.82) is 0 Å². The van der Waals surface area contributed by atoms with Gasteiger partial charge in [0.25, 0.3) is 5.91 Å². The maximum absolute atomic E-state index is 13.4. The maximum atomic E-state index is 13.4. The summed E-state index contributed by atoms with van der Waals surface area (Å²) in [6, 6.07) is 7.16. The molecule has 0 unspecified atom stereocenters. The van der Waals surface area contributed by atoms with E-state index in [0.29, 0.717) is 6.54 Å². The quantitative estimate of drug-likeness (QED) is 0.506. The summed E-state index contributed by atoms with van der Waals surface area (Å²) in [6.07, 6.45) is 3.30. The Morgan fingerprint density at radius 3 is 2.66 bits per heavy atom. The highest BCUT2D eigenvalue weighted by Gasteiger charge is 2.29. The van der Waals surface area contributed by atoms with Crippen LogP contribution in [0, 0.1) is 11.6 Å². The average molecular weight is 496 g/mol. The molecule has 2 aromatic rings. The molecule has 0 saturated carbocycles. The highest BCUT2D eigenvalue weighted by atomic mass is 19.3. The van der Waals surface area contributed by atoms with Gasteiger partial charge in [-0.25, -0.2) is 8.78 Å². The number of carbonyl (C=O) groups is 1. The minimum absolute atomic E-state index is 0.0497. The fourth-order valence-electron chi connectivity index (χ4n) is 4.09. The molecule has 2 heterocycles. The molecule has 35 heavy (non-hydrogen) atoms. The van der Waals surface area contributed by atoms with Crippen LogP contribution >= 0.6 is 0 Å². The van der Waals surface area contributed by atoms with Crippen LogP contribution in [0.4, 0.5) is 23.2 Å². The van der Waals surface area contributed by atoms with Gasteiger partial charge in [0.15, 0.2) is 28.9 Å².